The topological polar surface area (TPSA) is 97.8 Å². The number of hydrogen-bond acceptors (Lipinski definition) is 6. The van der Waals surface area contributed by atoms with Gasteiger partial charge in [-0.1, -0.05) is 39.1 Å². The predicted molar refractivity (Wildman–Crippen MR) is 112 cm³/mol. The smallest absolute Gasteiger partial charge is 0.311 e. The van der Waals surface area contributed by atoms with E-state index in [4.69, 9.17) is 4.74 Å². The molecular formula is C21H25NO6S2. The summed E-state index contributed by atoms with van der Waals surface area (Å²) in [4.78, 5) is 11.8. The molecule has 162 valence electrons. The Hall–Kier alpha value is -2.23. The molecule has 30 heavy (non-hydrogen) atoms. The van der Waals surface area contributed by atoms with Gasteiger partial charge in [0.15, 0.2) is 0 Å². The Bertz CT molecular complexity index is 1080. The first kappa shape index (κ1) is 22.5. The van der Waals surface area contributed by atoms with Crippen molar-refractivity contribution >= 4 is 26.0 Å². The molecule has 0 spiro atoms. The van der Waals surface area contributed by atoms with Gasteiger partial charge in [0.25, 0.3) is 20.0 Å². The Labute approximate surface area is 177 Å². The zero-order chi connectivity index (χ0) is 22.3. The standard InChI is InChI=1S/C21H25NO6S2/c1-15-5-9-18(10-6-15)29(24,25)22(14-17-13-21(3,4)20(23)28-17)30(26,27)19-11-7-16(2)8-12-19/h5-12,17H,13-14H2,1-4H3/t17-/m0/s1. The highest BCUT2D eigenvalue weighted by Gasteiger charge is 2.46. The molecule has 0 N–H and O–H groups in total. The molecule has 9 heteroatoms. The third-order valence-corrected chi connectivity index (χ3v) is 9.37. The molecule has 1 aliphatic heterocycles. The minimum absolute atomic E-state index is 0.146. The molecular weight excluding hydrogens is 426 g/mol. The summed E-state index contributed by atoms with van der Waals surface area (Å²) in [6.07, 6.45) is -0.650. The summed E-state index contributed by atoms with van der Waals surface area (Å²) in [5.41, 5.74) is 0.874. The van der Waals surface area contributed by atoms with Gasteiger partial charge in [0.05, 0.1) is 21.8 Å². The van der Waals surface area contributed by atoms with Crippen molar-refractivity contribution in [3.05, 3.63) is 59.7 Å². The lowest BCUT2D eigenvalue weighted by Crippen LogP contribution is -2.42. The molecule has 2 aromatic rings. The van der Waals surface area contributed by atoms with Crippen LogP contribution in [0.4, 0.5) is 0 Å². The number of sulfonamides is 2. The molecule has 0 aliphatic carbocycles. The average molecular weight is 452 g/mol. The first-order valence-electron chi connectivity index (χ1n) is 9.46. The van der Waals surface area contributed by atoms with Crippen LogP contribution in [0.15, 0.2) is 58.3 Å². The maximum Gasteiger partial charge on any atom is 0.311 e. The molecule has 3 rings (SSSR count). The van der Waals surface area contributed by atoms with Crippen molar-refractivity contribution in [2.75, 3.05) is 6.54 Å². The molecule has 0 amide bonds. The summed E-state index contributed by atoms with van der Waals surface area (Å²) in [5.74, 6) is -0.479. The van der Waals surface area contributed by atoms with Gasteiger partial charge in [-0.05, 0) is 52.0 Å². The molecule has 1 heterocycles. The van der Waals surface area contributed by atoms with Crippen molar-refractivity contribution in [2.24, 2.45) is 5.41 Å². The van der Waals surface area contributed by atoms with Gasteiger partial charge in [0.1, 0.15) is 6.10 Å². The Morgan fingerprint density at radius 2 is 1.27 bits per heavy atom. The summed E-state index contributed by atoms with van der Waals surface area (Å²) in [5, 5.41) is 0. The molecule has 7 nitrogen and oxygen atoms in total. The second kappa shape index (κ2) is 7.79. The van der Waals surface area contributed by atoms with E-state index in [1.807, 2.05) is 0 Å². The molecule has 1 saturated heterocycles. The maximum absolute atomic E-state index is 13.4. The van der Waals surface area contributed by atoms with E-state index in [1.165, 1.54) is 24.3 Å². The summed E-state index contributed by atoms with van der Waals surface area (Å²) >= 11 is 0. The maximum atomic E-state index is 13.4. The second-order valence-corrected chi connectivity index (χ2v) is 12.2. The molecule has 1 atom stereocenters. The molecule has 0 bridgehead atoms. The normalized spacial score (nSPS) is 19.1. The Kier molecular flexibility index (Phi) is 5.83. The van der Waals surface area contributed by atoms with Gasteiger partial charge in [0.2, 0.25) is 0 Å². The van der Waals surface area contributed by atoms with Crippen LogP contribution < -0.4 is 0 Å². The quantitative estimate of drug-likeness (QED) is 0.626. The Balaban J connectivity index is 2.08. The highest BCUT2D eigenvalue weighted by Crippen LogP contribution is 2.35. The fourth-order valence-corrected chi connectivity index (χ4v) is 6.96. The summed E-state index contributed by atoms with van der Waals surface area (Å²) < 4.78 is 59.2. The van der Waals surface area contributed by atoms with Crippen molar-refractivity contribution < 1.29 is 26.4 Å². The molecule has 0 radical (unpaired) electrons. The highest BCUT2D eigenvalue weighted by molar-refractivity contribution is 8.04. The van der Waals surface area contributed by atoms with Crippen molar-refractivity contribution in [1.82, 2.24) is 3.71 Å². The molecule has 1 aliphatic rings. The van der Waals surface area contributed by atoms with Crippen LogP contribution in [0.5, 0.6) is 0 Å². The third-order valence-electron chi connectivity index (χ3n) is 5.09. The van der Waals surface area contributed by atoms with Crippen molar-refractivity contribution in [3.8, 4) is 0 Å². The van der Waals surface area contributed by atoms with Gasteiger partial charge < -0.3 is 4.74 Å². The summed E-state index contributed by atoms with van der Waals surface area (Å²) in [6, 6.07) is 11.9. The van der Waals surface area contributed by atoms with Crippen LogP contribution in [0.1, 0.15) is 31.4 Å². The predicted octanol–water partition coefficient (Wildman–Crippen LogP) is 3.02. The lowest BCUT2D eigenvalue weighted by atomic mass is 9.90. The van der Waals surface area contributed by atoms with Crippen LogP contribution in [-0.4, -0.2) is 39.2 Å². The number of rotatable bonds is 6. The number of carbonyl (C=O) groups excluding carboxylic acids is 1. The first-order valence-corrected chi connectivity index (χ1v) is 12.3. The van der Waals surface area contributed by atoms with E-state index in [1.54, 1.807) is 52.0 Å². The molecule has 1 fully saturated rings. The Morgan fingerprint density at radius 1 is 0.867 bits per heavy atom. The van der Waals surface area contributed by atoms with E-state index in [0.29, 0.717) is 3.71 Å². The number of nitrogens with zero attached hydrogens (tertiary/aromatic N) is 1. The van der Waals surface area contributed by atoms with E-state index >= 15 is 0 Å². The fourth-order valence-electron chi connectivity index (χ4n) is 3.25. The molecule has 0 unspecified atom stereocenters. The number of aryl methyl sites for hydroxylation is 2. The van der Waals surface area contributed by atoms with E-state index in [0.717, 1.165) is 11.1 Å². The van der Waals surface area contributed by atoms with Crippen LogP contribution in [-0.2, 0) is 29.6 Å². The van der Waals surface area contributed by atoms with Crippen molar-refractivity contribution in [3.63, 3.8) is 0 Å². The highest BCUT2D eigenvalue weighted by atomic mass is 32.3. The number of cyclic esters (lactones) is 1. The van der Waals surface area contributed by atoms with Gasteiger partial charge in [-0.3, -0.25) is 4.79 Å². The summed E-state index contributed by atoms with van der Waals surface area (Å²) in [7, 11) is -8.84. The molecule has 0 saturated carbocycles. The Morgan fingerprint density at radius 3 is 1.60 bits per heavy atom. The number of ether oxygens (including phenoxy) is 1. The monoisotopic (exact) mass is 451 g/mol. The minimum Gasteiger partial charge on any atom is -0.460 e. The molecule has 2 aromatic carbocycles. The van der Waals surface area contributed by atoms with Crippen LogP contribution in [0.3, 0.4) is 0 Å². The summed E-state index contributed by atoms with van der Waals surface area (Å²) in [6.45, 7) is 6.49. The van der Waals surface area contributed by atoms with Crippen LogP contribution in [0.2, 0.25) is 0 Å². The van der Waals surface area contributed by atoms with Crippen LogP contribution >= 0.6 is 0 Å². The van der Waals surface area contributed by atoms with E-state index in [9.17, 15) is 21.6 Å². The lowest BCUT2D eigenvalue weighted by Gasteiger charge is -2.24. The lowest BCUT2D eigenvalue weighted by molar-refractivity contribution is -0.147. The van der Waals surface area contributed by atoms with Crippen LogP contribution in [0, 0.1) is 19.3 Å². The van der Waals surface area contributed by atoms with Gasteiger partial charge in [-0.2, -0.15) is 0 Å². The molecule has 0 aromatic heterocycles. The van der Waals surface area contributed by atoms with Crippen molar-refractivity contribution in [2.45, 2.75) is 50.0 Å². The van der Waals surface area contributed by atoms with Gasteiger partial charge in [-0.15, -0.1) is 0 Å². The average Bonchev–Trinajstić information content (AvgIpc) is 2.92. The second-order valence-electron chi connectivity index (χ2n) is 8.21. The van der Waals surface area contributed by atoms with Gasteiger partial charge in [-0.25, -0.2) is 16.8 Å². The fraction of sp³-hybridized carbons (Fsp3) is 0.381. The zero-order valence-electron chi connectivity index (χ0n) is 17.3. The van der Waals surface area contributed by atoms with E-state index in [2.05, 4.69) is 0 Å². The zero-order valence-corrected chi connectivity index (χ0v) is 19.0. The van der Waals surface area contributed by atoms with Crippen molar-refractivity contribution in [1.29, 1.82) is 0 Å². The number of esters is 1. The largest absolute Gasteiger partial charge is 0.460 e. The first-order chi connectivity index (χ1) is 13.8. The van der Waals surface area contributed by atoms with Gasteiger partial charge in [0, 0.05) is 6.42 Å². The number of hydrogen-bond donors (Lipinski definition) is 0. The SMILES string of the molecule is Cc1ccc(S(=O)(=O)N(C[C@@H]2CC(C)(C)C(=O)O2)S(=O)(=O)c2ccc(C)cc2)cc1. The third kappa shape index (κ3) is 4.28. The number of carbonyl (C=O) groups is 1. The van der Waals surface area contributed by atoms with E-state index in [-0.39, 0.29) is 16.2 Å². The minimum atomic E-state index is -4.42. The van der Waals surface area contributed by atoms with Gasteiger partial charge >= 0.3 is 5.97 Å². The number of benzene rings is 2. The van der Waals surface area contributed by atoms with E-state index < -0.39 is 44.1 Å². The van der Waals surface area contributed by atoms with Crippen LogP contribution in [0.25, 0.3) is 0 Å².